The summed E-state index contributed by atoms with van der Waals surface area (Å²) >= 11 is 1.48. The van der Waals surface area contributed by atoms with Crippen molar-refractivity contribution in [2.75, 3.05) is 44.7 Å². The quantitative estimate of drug-likeness (QED) is 0.569. The first-order chi connectivity index (χ1) is 15.1. The van der Waals surface area contributed by atoms with E-state index >= 15 is 0 Å². The summed E-state index contributed by atoms with van der Waals surface area (Å²) in [5, 5.41) is 9.84. The minimum absolute atomic E-state index is 0.134. The number of hydrazine groups is 1. The van der Waals surface area contributed by atoms with Gasteiger partial charge in [0.25, 0.3) is 0 Å². The number of amides is 1. The molecule has 0 unspecified atom stereocenters. The van der Waals surface area contributed by atoms with E-state index in [2.05, 4.69) is 37.2 Å². The molecule has 3 aromatic rings. The molecule has 4 rings (SSSR count). The Morgan fingerprint density at radius 2 is 2.13 bits per heavy atom. The number of hydrogen-bond donors (Lipinski definition) is 1. The van der Waals surface area contributed by atoms with Crippen LogP contribution in [0.3, 0.4) is 0 Å². The lowest BCUT2D eigenvalue weighted by molar-refractivity contribution is -0.129. The molecule has 4 heterocycles. The van der Waals surface area contributed by atoms with Crippen molar-refractivity contribution in [3.05, 3.63) is 35.5 Å². The van der Waals surface area contributed by atoms with Gasteiger partial charge in [-0.05, 0) is 25.5 Å². The third-order valence-electron chi connectivity index (χ3n) is 4.80. The number of hydrogen-bond acceptors (Lipinski definition) is 9. The summed E-state index contributed by atoms with van der Waals surface area (Å²) in [6.07, 6.45) is 2.68. The molecule has 31 heavy (non-hydrogen) atoms. The molecule has 10 heteroatoms. The van der Waals surface area contributed by atoms with Crippen LogP contribution in [0.4, 0.5) is 5.82 Å². The van der Waals surface area contributed by atoms with E-state index in [1.54, 1.807) is 12.3 Å². The van der Waals surface area contributed by atoms with Crippen molar-refractivity contribution in [3.63, 3.8) is 0 Å². The summed E-state index contributed by atoms with van der Waals surface area (Å²) in [6.45, 7) is 7.96. The maximum Gasteiger partial charge on any atom is 0.241 e. The maximum absolute atomic E-state index is 12.9. The van der Waals surface area contributed by atoms with Crippen LogP contribution in [0, 0.1) is 6.92 Å². The summed E-state index contributed by atoms with van der Waals surface area (Å²) in [5.41, 5.74) is 0.642. The summed E-state index contributed by atoms with van der Waals surface area (Å²) < 4.78 is 11.1. The van der Waals surface area contributed by atoms with Crippen LogP contribution in [0.25, 0.3) is 22.3 Å². The zero-order valence-corrected chi connectivity index (χ0v) is 18.5. The predicted molar refractivity (Wildman–Crippen MR) is 118 cm³/mol. The van der Waals surface area contributed by atoms with Gasteiger partial charge in [-0.3, -0.25) is 4.79 Å². The molecule has 1 aliphatic heterocycles. The largest absolute Gasteiger partial charge is 0.458 e. The molecular formula is C21H26N6O3S. The Labute approximate surface area is 185 Å². The lowest BCUT2D eigenvalue weighted by Crippen LogP contribution is -2.51. The standard InChI is InChI=1S/C21H26N6O3S/c1-3-7-27(26-8-10-29-11-9-26)14-19(28)24-18-13-16(21-22-6-12-31-21)23-20(25-18)17-5-4-15(2)30-17/h4-6,12-13H,3,7-11,14H2,1-2H3,(H,23,24,25,28). The number of morpholine rings is 1. The fourth-order valence-electron chi connectivity index (χ4n) is 3.40. The van der Waals surface area contributed by atoms with E-state index in [0.717, 1.165) is 36.8 Å². The van der Waals surface area contributed by atoms with Crippen molar-refractivity contribution in [2.24, 2.45) is 0 Å². The molecular weight excluding hydrogens is 416 g/mol. The lowest BCUT2D eigenvalue weighted by Gasteiger charge is -2.36. The fourth-order valence-corrected chi connectivity index (χ4v) is 4.00. The SMILES string of the molecule is CCCN(CC(=O)Nc1cc(-c2nccs2)nc(-c2ccc(C)o2)n1)N1CCOCC1. The van der Waals surface area contributed by atoms with E-state index in [9.17, 15) is 4.79 Å². The highest BCUT2D eigenvalue weighted by Gasteiger charge is 2.21. The van der Waals surface area contributed by atoms with Crippen LogP contribution < -0.4 is 5.32 Å². The average molecular weight is 443 g/mol. The Balaban J connectivity index is 1.54. The molecule has 0 aliphatic carbocycles. The van der Waals surface area contributed by atoms with Gasteiger partial charge in [-0.2, -0.15) is 0 Å². The van der Waals surface area contributed by atoms with Crippen molar-refractivity contribution in [1.82, 2.24) is 25.0 Å². The van der Waals surface area contributed by atoms with Gasteiger partial charge >= 0.3 is 0 Å². The lowest BCUT2D eigenvalue weighted by atomic mass is 10.3. The Hall–Kier alpha value is -2.66. The molecule has 3 aromatic heterocycles. The molecule has 0 saturated carbocycles. The van der Waals surface area contributed by atoms with Crippen LogP contribution in [-0.2, 0) is 9.53 Å². The highest BCUT2D eigenvalue weighted by atomic mass is 32.1. The van der Waals surface area contributed by atoms with Crippen LogP contribution in [0.15, 0.2) is 34.2 Å². The fraction of sp³-hybridized carbons (Fsp3) is 0.429. The van der Waals surface area contributed by atoms with E-state index in [1.165, 1.54) is 11.3 Å². The van der Waals surface area contributed by atoms with Gasteiger partial charge < -0.3 is 14.5 Å². The predicted octanol–water partition coefficient (Wildman–Crippen LogP) is 3.07. The smallest absolute Gasteiger partial charge is 0.241 e. The number of furan rings is 1. The van der Waals surface area contributed by atoms with E-state index in [4.69, 9.17) is 9.15 Å². The number of rotatable bonds is 8. The maximum atomic E-state index is 12.9. The second-order valence-corrected chi connectivity index (χ2v) is 8.11. The van der Waals surface area contributed by atoms with Gasteiger partial charge in [0.15, 0.2) is 11.6 Å². The molecule has 0 spiro atoms. The molecule has 1 saturated heterocycles. The first kappa shape index (κ1) is 21.6. The van der Waals surface area contributed by atoms with Gasteiger partial charge in [0.2, 0.25) is 5.91 Å². The first-order valence-corrected chi connectivity index (χ1v) is 11.2. The second-order valence-electron chi connectivity index (χ2n) is 7.21. The summed E-state index contributed by atoms with van der Waals surface area (Å²) in [7, 11) is 0. The van der Waals surface area contributed by atoms with Crippen molar-refractivity contribution < 1.29 is 13.9 Å². The van der Waals surface area contributed by atoms with Gasteiger partial charge in [0.1, 0.15) is 22.3 Å². The molecule has 0 atom stereocenters. The van der Waals surface area contributed by atoms with Crippen molar-refractivity contribution in [1.29, 1.82) is 0 Å². The van der Waals surface area contributed by atoms with Gasteiger partial charge in [-0.25, -0.2) is 25.0 Å². The van der Waals surface area contributed by atoms with Gasteiger partial charge in [0, 0.05) is 37.3 Å². The van der Waals surface area contributed by atoms with Crippen LogP contribution >= 0.6 is 11.3 Å². The van der Waals surface area contributed by atoms with Crippen molar-refractivity contribution >= 4 is 23.1 Å². The van der Waals surface area contributed by atoms with Crippen LogP contribution in [-0.4, -0.2) is 70.3 Å². The van der Waals surface area contributed by atoms with E-state index < -0.39 is 0 Å². The van der Waals surface area contributed by atoms with E-state index in [1.807, 2.05) is 24.4 Å². The number of nitrogens with zero attached hydrogens (tertiary/aromatic N) is 5. The van der Waals surface area contributed by atoms with Crippen molar-refractivity contribution in [3.8, 4) is 22.3 Å². The highest BCUT2D eigenvalue weighted by molar-refractivity contribution is 7.13. The van der Waals surface area contributed by atoms with E-state index in [0.29, 0.717) is 36.3 Å². The third kappa shape index (κ3) is 5.53. The number of carbonyl (C=O) groups is 1. The molecule has 1 N–H and O–H groups in total. The normalized spacial score (nSPS) is 14.8. The zero-order valence-electron chi connectivity index (χ0n) is 17.7. The van der Waals surface area contributed by atoms with Crippen molar-refractivity contribution in [2.45, 2.75) is 20.3 Å². The van der Waals surface area contributed by atoms with Gasteiger partial charge in [-0.15, -0.1) is 11.3 Å². The Morgan fingerprint density at radius 3 is 2.81 bits per heavy atom. The van der Waals surface area contributed by atoms with Crippen LogP contribution in [0.1, 0.15) is 19.1 Å². The summed E-state index contributed by atoms with van der Waals surface area (Å²) in [6, 6.07) is 5.43. The van der Waals surface area contributed by atoms with Crippen LogP contribution in [0.2, 0.25) is 0 Å². The highest BCUT2D eigenvalue weighted by Crippen LogP contribution is 2.26. The Kier molecular flexibility index (Phi) is 7.03. The first-order valence-electron chi connectivity index (χ1n) is 10.4. The third-order valence-corrected chi connectivity index (χ3v) is 5.60. The summed E-state index contributed by atoms with van der Waals surface area (Å²) in [5.74, 6) is 2.02. The molecule has 1 amide bonds. The number of ether oxygens (including phenoxy) is 1. The monoisotopic (exact) mass is 442 g/mol. The number of thiazole rings is 1. The molecule has 1 aliphatic rings. The number of nitrogens with one attached hydrogen (secondary N) is 1. The minimum Gasteiger partial charge on any atom is -0.458 e. The number of anilines is 1. The molecule has 164 valence electrons. The van der Waals surface area contributed by atoms with E-state index in [-0.39, 0.29) is 12.5 Å². The number of carbonyl (C=O) groups excluding carboxylic acids is 1. The number of aryl methyl sites for hydroxylation is 1. The zero-order chi connectivity index (χ0) is 21.6. The Morgan fingerprint density at radius 1 is 1.29 bits per heavy atom. The number of aromatic nitrogens is 3. The molecule has 0 radical (unpaired) electrons. The molecule has 0 aromatic carbocycles. The van der Waals surface area contributed by atoms with Crippen LogP contribution in [0.5, 0.6) is 0 Å². The molecule has 0 bridgehead atoms. The Bertz CT molecular complexity index is 1000. The summed E-state index contributed by atoms with van der Waals surface area (Å²) in [4.78, 5) is 26.3. The van der Waals surface area contributed by atoms with Gasteiger partial charge in [0.05, 0.1) is 19.8 Å². The topological polar surface area (TPSA) is 96.6 Å². The molecule has 9 nitrogen and oxygen atoms in total. The average Bonchev–Trinajstić information content (AvgIpc) is 3.46. The van der Waals surface area contributed by atoms with Gasteiger partial charge in [-0.1, -0.05) is 6.92 Å². The second kappa shape index (κ2) is 10.1. The molecule has 1 fully saturated rings. The minimum atomic E-state index is -0.134.